The Kier molecular flexibility index (Phi) is 1.88. The highest BCUT2D eigenvalue weighted by atomic mass is 32.2. The lowest BCUT2D eigenvalue weighted by Gasteiger charge is -1.94. The number of halogens is 1. The molecule has 0 aromatic carbocycles. The Balaban J connectivity index is 3.28. The van der Waals surface area contributed by atoms with Gasteiger partial charge >= 0.3 is 0 Å². The lowest BCUT2D eigenvalue weighted by atomic mass is 10.5. The zero-order valence-corrected chi connectivity index (χ0v) is 6.18. The molecule has 11 heavy (non-hydrogen) atoms. The summed E-state index contributed by atoms with van der Waals surface area (Å²) in [5, 5.41) is 4.69. The van der Waals surface area contributed by atoms with Crippen molar-refractivity contribution in [2.24, 2.45) is 5.14 Å². The summed E-state index contributed by atoms with van der Waals surface area (Å²) in [6.07, 6.45) is 1.88. The molecule has 1 aromatic heterocycles. The van der Waals surface area contributed by atoms with E-state index >= 15 is 0 Å². The quantitative estimate of drug-likeness (QED) is 0.647. The third-order valence-corrected chi connectivity index (χ3v) is 1.89. The zero-order chi connectivity index (χ0) is 8.48. The molecule has 0 aliphatic carbocycles. The highest BCUT2D eigenvalue weighted by molar-refractivity contribution is 7.89. The molecule has 0 aliphatic rings. The number of nitrogens with zero attached hydrogens (tertiary/aromatic N) is 1. The van der Waals surface area contributed by atoms with Crippen LogP contribution in [0.3, 0.4) is 0 Å². The largest absolute Gasteiger partial charge is 0.260 e. The molecule has 0 amide bonds. The van der Waals surface area contributed by atoms with E-state index in [0.717, 1.165) is 18.5 Å². The highest BCUT2D eigenvalue weighted by Gasteiger charge is 2.07. The number of rotatable bonds is 1. The van der Waals surface area contributed by atoms with Gasteiger partial charge in [0.2, 0.25) is 10.0 Å². The SMILES string of the molecule is NS(=O)(=O)c1cncc(F)c1. The molecule has 0 fully saturated rings. The molecule has 0 bridgehead atoms. The van der Waals surface area contributed by atoms with Gasteiger partial charge in [-0.1, -0.05) is 0 Å². The predicted molar refractivity (Wildman–Crippen MR) is 35.6 cm³/mol. The Morgan fingerprint density at radius 1 is 1.45 bits per heavy atom. The molecule has 0 radical (unpaired) electrons. The molecule has 0 aliphatic heterocycles. The molecule has 0 saturated carbocycles. The molecule has 1 rings (SSSR count). The first-order valence-electron chi connectivity index (χ1n) is 2.63. The summed E-state index contributed by atoms with van der Waals surface area (Å²) in [5.41, 5.74) is 0. The van der Waals surface area contributed by atoms with E-state index in [-0.39, 0.29) is 4.90 Å². The second-order valence-corrected chi connectivity index (χ2v) is 3.45. The molecule has 1 heterocycles. The Morgan fingerprint density at radius 3 is 2.45 bits per heavy atom. The maximum absolute atomic E-state index is 12.3. The molecule has 2 N–H and O–H groups in total. The van der Waals surface area contributed by atoms with Crippen LogP contribution in [0.4, 0.5) is 4.39 Å². The first kappa shape index (κ1) is 8.09. The van der Waals surface area contributed by atoms with E-state index in [9.17, 15) is 12.8 Å². The van der Waals surface area contributed by atoms with Gasteiger partial charge in [-0.2, -0.15) is 0 Å². The number of nitrogens with two attached hydrogens (primary N) is 1. The summed E-state index contributed by atoms with van der Waals surface area (Å²) in [6, 6.07) is 0.808. The molecule has 60 valence electrons. The number of hydrogen-bond acceptors (Lipinski definition) is 3. The Labute approximate surface area is 62.9 Å². The average molecular weight is 176 g/mol. The van der Waals surface area contributed by atoms with E-state index in [2.05, 4.69) is 4.98 Å². The van der Waals surface area contributed by atoms with Gasteiger partial charge in [0.05, 0.1) is 6.20 Å². The van der Waals surface area contributed by atoms with Crippen molar-refractivity contribution in [2.45, 2.75) is 4.90 Å². The maximum Gasteiger partial charge on any atom is 0.239 e. The molecule has 4 nitrogen and oxygen atoms in total. The Morgan fingerprint density at radius 2 is 2.09 bits per heavy atom. The van der Waals surface area contributed by atoms with Crippen molar-refractivity contribution >= 4 is 10.0 Å². The van der Waals surface area contributed by atoms with Crippen molar-refractivity contribution < 1.29 is 12.8 Å². The summed E-state index contributed by atoms with van der Waals surface area (Å²) in [7, 11) is -3.83. The number of primary sulfonamides is 1. The van der Waals surface area contributed by atoms with Crippen LogP contribution < -0.4 is 5.14 Å². The average Bonchev–Trinajstić information content (AvgIpc) is 1.86. The first-order chi connectivity index (χ1) is 5.00. The lowest BCUT2D eigenvalue weighted by molar-refractivity contribution is 0.589. The zero-order valence-electron chi connectivity index (χ0n) is 5.36. The van der Waals surface area contributed by atoms with Crippen LogP contribution in [0, 0.1) is 5.82 Å². The lowest BCUT2D eigenvalue weighted by Crippen LogP contribution is -2.12. The molecule has 0 unspecified atom stereocenters. The first-order valence-corrected chi connectivity index (χ1v) is 4.18. The maximum atomic E-state index is 12.3. The summed E-state index contributed by atoms with van der Waals surface area (Å²) < 4.78 is 33.4. The van der Waals surface area contributed by atoms with Crippen molar-refractivity contribution in [3.8, 4) is 0 Å². The van der Waals surface area contributed by atoms with Crippen LogP contribution in [0.15, 0.2) is 23.4 Å². The topological polar surface area (TPSA) is 73.1 Å². The molecule has 1 aromatic rings. The molecular weight excluding hydrogens is 171 g/mol. The van der Waals surface area contributed by atoms with Crippen LogP contribution >= 0.6 is 0 Å². The van der Waals surface area contributed by atoms with E-state index in [1.807, 2.05) is 0 Å². The van der Waals surface area contributed by atoms with Gasteiger partial charge in [-0.25, -0.2) is 17.9 Å². The normalized spacial score (nSPS) is 11.5. The Bertz CT molecular complexity index is 363. The minimum Gasteiger partial charge on any atom is -0.260 e. The van der Waals surface area contributed by atoms with Gasteiger partial charge in [-0.3, -0.25) is 4.98 Å². The second kappa shape index (κ2) is 2.55. The summed E-state index contributed by atoms with van der Waals surface area (Å²) in [6.45, 7) is 0. The van der Waals surface area contributed by atoms with E-state index in [4.69, 9.17) is 5.14 Å². The monoisotopic (exact) mass is 176 g/mol. The van der Waals surface area contributed by atoms with Crippen LogP contribution in [-0.4, -0.2) is 13.4 Å². The van der Waals surface area contributed by atoms with Gasteiger partial charge in [0, 0.05) is 6.20 Å². The van der Waals surface area contributed by atoms with Crippen LogP contribution in [0.25, 0.3) is 0 Å². The van der Waals surface area contributed by atoms with Crippen LogP contribution in [0.2, 0.25) is 0 Å². The summed E-state index contributed by atoms with van der Waals surface area (Å²) in [4.78, 5) is 2.99. The van der Waals surface area contributed by atoms with E-state index in [1.165, 1.54) is 0 Å². The summed E-state index contributed by atoms with van der Waals surface area (Å²) >= 11 is 0. The van der Waals surface area contributed by atoms with E-state index in [1.54, 1.807) is 0 Å². The third kappa shape index (κ3) is 1.95. The van der Waals surface area contributed by atoms with Crippen molar-refractivity contribution in [3.63, 3.8) is 0 Å². The third-order valence-electron chi connectivity index (χ3n) is 1.01. The van der Waals surface area contributed by atoms with E-state index in [0.29, 0.717) is 0 Å². The minimum atomic E-state index is -3.83. The van der Waals surface area contributed by atoms with Gasteiger partial charge in [0.25, 0.3) is 0 Å². The number of sulfonamides is 1. The van der Waals surface area contributed by atoms with Crippen molar-refractivity contribution in [1.29, 1.82) is 0 Å². The molecule has 6 heteroatoms. The van der Waals surface area contributed by atoms with Gasteiger partial charge in [-0.15, -0.1) is 0 Å². The molecular formula is C5H5FN2O2S. The van der Waals surface area contributed by atoms with Gasteiger partial charge in [-0.05, 0) is 6.07 Å². The molecule has 0 atom stereocenters. The van der Waals surface area contributed by atoms with Crippen molar-refractivity contribution in [3.05, 3.63) is 24.3 Å². The smallest absolute Gasteiger partial charge is 0.239 e. The Hall–Kier alpha value is -1.01. The minimum absolute atomic E-state index is 0.322. The van der Waals surface area contributed by atoms with Crippen molar-refractivity contribution in [2.75, 3.05) is 0 Å². The van der Waals surface area contributed by atoms with Crippen LogP contribution in [-0.2, 0) is 10.0 Å². The highest BCUT2D eigenvalue weighted by Crippen LogP contribution is 2.04. The van der Waals surface area contributed by atoms with Crippen LogP contribution in [0.1, 0.15) is 0 Å². The van der Waals surface area contributed by atoms with Gasteiger partial charge in [0.15, 0.2) is 0 Å². The number of aromatic nitrogens is 1. The van der Waals surface area contributed by atoms with Gasteiger partial charge in [0.1, 0.15) is 10.7 Å². The number of hydrogen-bond donors (Lipinski definition) is 1. The summed E-state index contributed by atoms with van der Waals surface area (Å²) in [5.74, 6) is -0.725. The fourth-order valence-electron chi connectivity index (χ4n) is 0.548. The number of pyridine rings is 1. The van der Waals surface area contributed by atoms with Gasteiger partial charge < -0.3 is 0 Å². The second-order valence-electron chi connectivity index (χ2n) is 1.88. The molecule has 0 saturated heterocycles. The van der Waals surface area contributed by atoms with E-state index < -0.39 is 15.8 Å². The standard InChI is InChI=1S/C5H5FN2O2S/c6-4-1-5(3-8-2-4)11(7,9)10/h1-3H,(H2,7,9,10). The predicted octanol–water partition coefficient (Wildman–Crippen LogP) is -0.132. The fraction of sp³-hybridized carbons (Fsp3) is 0. The molecule has 0 spiro atoms. The fourth-order valence-corrected chi connectivity index (χ4v) is 1.03. The van der Waals surface area contributed by atoms with Crippen molar-refractivity contribution in [1.82, 2.24) is 4.98 Å². The van der Waals surface area contributed by atoms with Crippen LogP contribution in [0.5, 0.6) is 0 Å².